The largest absolute Gasteiger partial charge is 0.496 e. The number of methoxy groups -OCH3 is 1. The third-order valence-corrected chi connectivity index (χ3v) is 4.79. The number of halogens is 1. The van der Waals surface area contributed by atoms with Crippen molar-refractivity contribution in [3.63, 3.8) is 0 Å². The smallest absolute Gasteiger partial charge is 0.254 e. The molecule has 2 aromatic carbocycles. The summed E-state index contributed by atoms with van der Waals surface area (Å²) in [4.78, 5) is 24.2. The fourth-order valence-corrected chi connectivity index (χ4v) is 3.32. The number of carbonyl (C=O) groups is 1. The van der Waals surface area contributed by atoms with Crippen molar-refractivity contribution in [3.05, 3.63) is 82.5 Å². The molecule has 0 bridgehead atoms. The summed E-state index contributed by atoms with van der Waals surface area (Å²) in [5.74, 6) is 0.460. The van der Waals surface area contributed by atoms with Crippen LogP contribution in [0.1, 0.15) is 11.1 Å². The van der Waals surface area contributed by atoms with Gasteiger partial charge in [0.2, 0.25) is 5.91 Å². The highest BCUT2D eigenvalue weighted by Gasteiger charge is 2.20. The van der Waals surface area contributed by atoms with Gasteiger partial charge in [-0.2, -0.15) is 0 Å². The minimum atomic E-state index is -0.406. The molecule has 0 aliphatic heterocycles. The highest BCUT2D eigenvalue weighted by molar-refractivity contribution is 6.03. The number of hydrogen-bond donors (Lipinski definition) is 1. The van der Waals surface area contributed by atoms with E-state index < -0.39 is 5.91 Å². The SMILES string of the molecule is C=CC(=O)Nc1cccc(Oc2c(C)cc(F)cc2C)c1-c1cn(C)c(=O)cc1OC. The Labute approximate surface area is 179 Å². The molecular formula is C24H23FN2O4. The highest BCUT2D eigenvalue weighted by atomic mass is 19.1. The first-order chi connectivity index (χ1) is 14.7. The van der Waals surface area contributed by atoms with Gasteiger partial charge in [-0.25, -0.2) is 4.39 Å². The number of nitrogens with one attached hydrogen (secondary N) is 1. The lowest BCUT2D eigenvalue weighted by molar-refractivity contribution is -0.111. The van der Waals surface area contributed by atoms with E-state index in [1.165, 1.54) is 29.9 Å². The van der Waals surface area contributed by atoms with Crippen LogP contribution in [0.4, 0.5) is 10.1 Å². The lowest BCUT2D eigenvalue weighted by Crippen LogP contribution is -2.16. The predicted octanol–water partition coefficient (Wildman–Crippen LogP) is 4.73. The second-order valence-corrected chi connectivity index (χ2v) is 7.05. The van der Waals surface area contributed by atoms with E-state index in [1.807, 2.05) is 0 Å². The zero-order valence-corrected chi connectivity index (χ0v) is 17.8. The van der Waals surface area contributed by atoms with Crippen molar-refractivity contribution >= 4 is 11.6 Å². The molecule has 1 aromatic heterocycles. The lowest BCUT2D eigenvalue weighted by atomic mass is 10.0. The first-order valence-corrected chi connectivity index (χ1v) is 9.51. The average molecular weight is 422 g/mol. The van der Waals surface area contributed by atoms with Crippen LogP contribution in [0.3, 0.4) is 0 Å². The Morgan fingerprint density at radius 2 is 1.84 bits per heavy atom. The number of ether oxygens (including phenoxy) is 2. The second-order valence-electron chi connectivity index (χ2n) is 7.05. The number of anilines is 1. The maximum Gasteiger partial charge on any atom is 0.254 e. The molecular weight excluding hydrogens is 399 g/mol. The molecule has 0 spiro atoms. The molecule has 1 N–H and O–H groups in total. The van der Waals surface area contributed by atoms with E-state index in [-0.39, 0.29) is 11.4 Å². The number of aryl methyl sites for hydroxylation is 3. The Kier molecular flexibility index (Phi) is 6.25. The number of carbonyl (C=O) groups excluding carboxylic acids is 1. The van der Waals surface area contributed by atoms with E-state index >= 15 is 0 Å². The number of benzene rings is 2. The molecule has 1 heterocycles. The summed E-state index contributed by atoms with van der Waals surface area (Å²) in [5, 5.41) is 2.77. The molecule has 0 saturated carbocycles. The minimum Gasteiger partial charge on any atom is -0.496 e. The average Bonchev–Trinajstić information content (AvgIpc) is 2.72. The molecule has 0 radical (unpaired) electrons. The fraction of sp³-hybridized carbons (Fsp3) is 0.167. The van der Waals surface area contributed by atoms with Gasteiger partial charge in [0.1, 0.15) is 23.1 Å². The number of pyridine rings is 1. The van der Waals surface area contributed by atoms with Gasteiger partial charge in [-0.05, 0) is 55.3 Å². The van der Waals surface area contributed by atoms with Crippen molar-refractivity contribution in [1.29, 1.82) is 0 Å². The van der Waals surface area contributed by atoms with Gasteiger partial charge in [-0.15, -0.1) is 0 Å². The van der Waals surface area contributed by atoms with Crippen LogP contribution in [0, 0.1) is 19.7 Å². The molecule has 7 heteroatoms. The molecule has 6 nitrogen and oxygen atoms in total. The van der Waals surface area contributed by atoms with Gasteiger partial charge in [-0.1, -0.05) is 12.6 Å². The monoisotopic (exact) mass is 422 g/mol. The number of rotatable bonds is 6. The van der Waals surface area contributed by atoms with E-state index in [1.54, 1.807) is 45.3 Å². The zero-order valence-electron chi connectivity index (χ0n) is 17.8. The van der Waals surface area contributed by atoms with E-state index in [9.17, 15) is 14.0 Å². The van der Waals surface area contributed by atoms with Crippen molar-refractivity contribution < 1.29 is 18.7 Å². The van der Waals surface area contributed by atoms with Gasteiger partial charge in [0.05, 0.1) is 18.4 Å². The molecule has 1 amide bonds. The fourth-order valence-electron chi connectivity index (χ4n) is 3.32. The molecule has 3 rings (SSSR count). The van der Waals surface area contributed by atoms with E-state index in [0.29, 0.717) is 45.2 Å². The van der Waals surface area contributed by atoms with E-state index in [2.05, 4.69) is 11.9 Å². The Morgan fingerprint density at radius 3 is 2.45 bits per heavy atom. The number of hydrogen-bond acceptors (Lipinski definition) is 4. The summed E-state index contributed by atoms with van der Waals surface area (Å²) in [5.41, 5.74) is 2.48. The van der Waals surface area contributed by atoms with Gasteiger partial charge in [-0.3, -0.25) is 9.59 Å². The van der Waals surface area contributed by atoms with Crippen LogP contribution in [0.5, 0.6) is 17.2 Å². The Balaban J connectivity index is 2.28. The molecule has 0 unspecified atom stereocenters. The van der Waals surface area contributed by atoms with Crippen molar-refractivity contribution in [1.82, 2.24) is 4.57 Å². The molecule has 0 fully saturated rings. The summed E-state index contributed by atoms with van der Waals surface area (Å²) in [6, 6.07) is 9.29. The number of nitrogens with zero attached hydrogens (tertiary/aromatic N) is 1. The predicted molar refractivity (Wildman–Crippen MR) is 118 cm³/mol. The van der Waals surface area contributed by atoms with Gasteiger partial charge in [0.15, 0.2) is 0 Å². The Bertz CT molecular complexity index is 1210. The third kappa shape index (κ3) is 4.50. The highest BCUT2D eigenvalue weighted by Crippen LogP contribution is 2.43. The van der Waals surface area contributed by atoms with Gasteiger partial charge >= 0.3 is 0 Å². The summed E-state index contributed by atoms with van der Waals surface area (Å²) in [7, 11) is 3.07. The first kappa shape index (κ1) is 21.8. The Morgan fingerprint density at radius 1 is 1.16 bits per heavy atom. The van der Waals surface area contributed by atoms with Crippen LogP contribution in [0.25, 0.3) is 11.1 Å². The second kappa shape index (κ2) is 8.87. The van der Waals surface area contributed by atoms with Crippen molar-refractivity contribution in [2.75, 3.05) is 12.4 Å². The van der Waals surface area contributed by atoms with E-state index in [4.69, 9.17) is 9.47 Å². The number of aromatic nitrogens is 1. The van der Waals surface area contributed by atoms with Crippen LogP contribution >= 0.6 is 0 Å². The normalized spacial score (nSPS) is 10.5. The lowest BCUT2D eigenvalue weighted by Gasteiger charge is -2.20. The first-order valence-electron chi connectivity index (χ1n) is 9.51. The van der Waals surface area contributed by atoms with Crippen LogP contribution in [0.2, 0.25) is 0 Å². The molecule has 0 aliphatic carbocycles. The molecule has 0 aliphatic rings. The van der Waals surface area contributed by atoms with Crippen LogP contribution in [-0.4, -0.2) is 17.6 Å². The topological polar surface area (TPSA) is 69.6 Å². The van der Waals surface area contributed by atoms with E-state index in [0.717, 1.165) is 6.08 Å². The van der Waals surface area contributed by atoms with Crippen molar-refractivity contribution in [2.24, 2.45) is 7.05 Å². The van der Waals surface area contributed by atoms with Crippen molar-refractivity contribution in [2.45, 2.75) is 13.8 Å². The summed E-state index contributed by atoms with van der Waals surface area (Å²) < 4.78 is 26.8. The van der Waals surface area contributed by atoms with Crippen LogP contribution in [-0.2, 0) is 11.8 Å². The molecule has 0 saturated heterocycles. The van der Waals surface area contributed by atoms with Crippen LogP contribution < -0.4 is 20.3 Å². The molecule has 3 aromatic rings. The molecule has 160 valence electrons. The maximum absolute atomic E-state index is 13.8. The standard InChI is InChI=1S/C24H23FN2O4/c1-6-21(28)26-18-8-7-9-19(31-24-14(2)10-16(25)11-15(24)3)23(18)17-13-27(4)22(29)12-20(17)30-5/h6-13H,1H2,2-5H3,(H,26,28). The van der Waals surface area contributed by atoms with Crippen molar-refractivity contribution in [3.8, 4) is 28.4 Å². The summed E-state index contributed by atoms with van der Waals surface area (Å²) in [6.45, 7) is 6.99. The number of amides is 1. The maximum atomic E-state index is 13.8. The molecule has 31 heavy (non-hydrogen) atoms. The van der Waals surface area contributed by atoms with Gasteiger partial charge < -0.3 is 19.4 Å². The Hall–Kier alpha value is -3.87. The quantitative estimate of drug-likeness (QED) is 0.583. The van der Waals surface area contributed by atoms with Crippen LogP contribution in [0.15, 0.2) is 60.0 Å². The summed E-state index contributed by atoms with van der Waals surface area (Å²) in [6.07, 6.45) is 2.76. The molecule has 0 atom stereocenters. The minimum absolute atomic E-state index is 0.249. The third-order valence-electron chi connectivity index (χ3n) is 4.79. The van der Waals surface area contributed by atoms with Gasteiger partial charge in [0.25, 0.3) is 5.56 Å². The zero-order chi connectivity index (χ0) is 22.7. The summed E-state index contributed by atoms with van der Waals surface area (Å²) >= 11 is 0. The van der Waals surface area contributed by atoms with Gasteiger partial charge in [0, 0.05) is 24.9 Å².